The second-order valence-corrected chi connectivity index (χ2v) is 5.88. The highest BCUT2D eigenvalue weighted by Gasteiger charge is 2.30. The van der Waals surface area contributed by atoms with E-state index in [1.807, 2.05) is 20.9 Å². The minimum absolute atomic E-state index is 0.180. The Morgan fingerprint density at radius 2 is 1.79 bits per heavy atom. The van der Waals surface area contributed by atoms with Gasteiger partial charge in [-0.1, -0.05) is 6.07 Å². The summed E-state index contributed by atoms with van der Waals surface area (Å²) < 4.78 is 4.86. The van der Waals surface area contributed by atoms with Crippen molar-refractivity contribution in [1.82, 2.24) is 0 Å². The standard InChI is InChI=1S/C16H25NO2/c1-11-8-9-14(13(3)12(11)2)17(6)10-16(4,5)15(18)19-7/h8-9H,10H2,1-7H3. The van der Waals surface area contributed by atoms with Crippen molar-refractivity contribution >= 4 is 11.7 Å². The molecule has 0 N–H and O–H groups in total. The van der Waals surface area contributed by atoms with Gasteiger partial charge < -0.3 is 9.64 Å². The van der Waals surface area contributed by atoms with Crippen molar-refractivity contribution in [2.24, 2.45) is 5.41 Å². The van der Waals surface area contributed by atoms with Crippen LogP contribution in [0.3, 0.4) is 0 Å². The second kappa shape index (κ2) is 5.64. The highest BCUT2D eigenvalue weighted by Crippen LogP contribution is 2.27. The Balaban J connectivity index is 2.99. The quantitative estimate of drug-likeness (QED) is 0.781. The third-order valence-corrected chi connectivity index (χ3v) is 3.81. The van der Waals surface area contributed by atoms with Gasteiger partial charge in [-0.25, -0.2) is 0 Å². The molecule has 0 heterocycles. The van der Waals surface area contributed by atoms with Gasteiger partial charge in [0.05, 0.1) is 12.5 Å². The van der Waals surface area contributed by atoms with Gasteiger partial charge in [0, 0.05) is 19.3 Å². The number of anilines is 1. The average molecular weight is 263 g/mol. The maximum atomic E-state index is 11.8. The molecule has 3 heteroatoms. The Labute approximate surface area is 116 Å². The third kappa shape index (κ3) is 3.28. The molecule has 106 valence electrons. The first kappa shape index (κ1) is 15.5. The molecule has 0 aliphatic rings. The maximum absolute atomic E-state index is 11.8. The fourth-order valence-electron chi connectivity index (χ4n) is 2.37. The number of hydrogen-bond donors (Lipinski definition) is 0. The van der Waals surface area contributed by atoms with E-state index in [1.54, 1.807) is 0 Å². The van der Waals surface area contributed by atoms with E-state index < -0.39 is 5.41 Å². The molecule has 1 aromatic rings. The van der Waals surface area contributed by atoms with Crippen LogP contribution in [0.4, 0.5) is 5.69 Å². The number of aryl methyl sites for hydroxylation is 1. The van der Waals surface area contributed by atoms with Crippen LogP contribution < -0.4 is 4.90 Å². The lowest BCUT2D eigenvalue weighted by atomic mass is 9.92. The van der Waals surface area contributed by atoms with E-state index in [9.17, 15) is 4.79 Å². The van der Waals surface area contributed by atoms with Gasteiger partial charge in [-0.2, -0.15) is 0 Å². The molecule has 0 radical (unpaired) electrons. The monoisotopic (exact) mass is 263 g/mol. The zero-order valence-electron chi connectivity index (χ0n) is 13.1. The molecule has 0 aliphatic carbocycles. The molecular formula is C16H25NO2. The maximum Gasteiger partial charge on any atom is 0.313 e. The first-order chi connectivity index (χ1) is 8.70. The fraction of sp³-hybridized carbons (Fsp3) is 0.562. The number of esters is 1. The Morgan fingerprint density at radius 1 is 1.21 bits per heavy atom. The normalized spacial score (nSPS) is 11.3. The van der Waals surface area contributed by atoms with Crippen molar-refractivity contribution in [2.75, 3.05) is 25.6 Å². The highest BCUT2D eigenvalue weighted by molar-refractivity contribution is 5.76. The number of ether oxygens (including phenoxy) is 1. The van der Waals surface area contributed by atoms with Crippen molar-refractivity contribution in [2.45, 2.75) is 34.6 Å². The Hall–Kier alpha value is -1.51. The summed E-state index contributed by atoms with van der Waals surface area (Å²) in [4.78, 5) is 13.9. The number of hydrogen-bond acceptors (Lipinski definition) is 3. The van der Waals surface area contributed by atoms with E-state index in [0.717, 1.165) is 0 Å². The van der Waals surface area contributed by atoms with Crippen molar-refractivity contribution in [1.29, 1.82) is 0 Å². The number of nitrogens with zero attached hydrogens (tertiary/aromatic N) is 1. The molecule has 0 saturated heterocycles. The van der Waals surface area contributed by atoms with Gasteiger partial charge in [-0.05, 0) is 57.4 Å². The topological polar surface area (TPSA) is 29.5 Å². The van der Waals surface area contributed by atoms with Crippen LogP contribution in [-0.2, 0) is 9.53 Å². The largest absolute Gasteiger partial charge is 0.469 e. The molecule has 3 nitrogen and oxygen atoms in total. The van der Waals surface area contributed by atoms with E-state index >= 15 is 0 Å². The molecule has 0 bridgehead atoms. The van der Waals surface area contributed by atoms with Crippen LogP contribution in [0.2, 0.25) is 0 Å². The van der Waals surface area contributed by atoms with Gasteiger partial charge in [0.2, 0.25) is 0 Å². The number of benzene rings is 1. The molecular weight excluding hydrogens is 238 g/mol. The number of rotatable bonds is 4. The van der Waals surface area contributed by atoms with Crippen LogP contribution in [0, 0.1) is 26.2 Å². The van der Waals surface area contributed by atoms with Crippen LogP contribution >= 0.6 is 0 Å². The summed E-state index contributed by atoms with van der Waals surface area (Å²) in [7, 11) is 3.45. The zero-order valence-corrected chi connectivity index (χ0v) is 13.1. The van der Waals surface area contributed by atoms with Crippen LogP contribution in [0.5, 0.6) is 0 Å². The van der Waals surface area contributed by atoms with Gasteiger partial charge in [-0.3, -0.25) is 4.79 Å². The number of carbonyl (C=O) groups is 1. The third-order valence-electron chi connectivity index (χ3n) is 3.81. The first-order valence-electron chi connectivity index (χ1n) is 6.57. The molecule has 0 saturated carbocycles. The Morgan fingerprint density at radius 3 is 2.32 bits per heavy atom. The molecule has 1 aromatic carbocycles. The Kier molecular flexibility index (Phi) is 4.61. The SMILES string of the molecule is COC(=O)C(C)(C)CN(C)c1ccc(C)c(C)c1C. The lowest BCUT2D eigenvalue weighted by molar-refractivity contribution is -0.150. The predicted molar refractivity (Wildman–Crippen MR) is 79.7 cm³/mol. The Bertz CT molecular complexity index is 478. The molecule has 19 heavy (non-hydrogen) atoms. The van der Waals surface area contributed by atoms with Gasteiger partial charge in [0.1, 0.15) is 0 Å². The van der Waals surface area contributed by atoms with Gasteiger partial charge >= 0.3 is 5.97 Å². The van der Waals surface area contributed by atoms with Crippen LogP contribution in [0.15, 0.2) is 12.1 Å². The van der Waals surface area contributed by atoms with Crippen LogP contribution in [-0.4, -0.2) is 26.7 Å². The second-order valence-electron chi connectivity index (χ2n) is 5.88. The number of carbonyl (C=O) groups excluding carboxylic acids is 1. The fourth-order valence-corrected chi connectivity index (χ4v) is 2.37. The highest BCUT2D eigenvalue weighted by atomic mass is 16.5. The summed E-state index contributed by atoms with van der Waals surface area (Å²) in [6.45, 7) is 10.8. The summed E-state index contributed by atoms with van der Waals surface area (Å²) in [5.41, 5.74) is 4.51. The van der Waals surface area contributed by atoms with Crippen LogP contribution in [0.25, 0.3) is 0 Å². The van der Waals surface area contributed by atoms with E-state index in [-0.39, 0.29) is 5.97 Å². The summed E-state index contributed by atoms with van der Waals surface area (Å²) in [5, 5.41) is 0. The zero-order chi connectivity index (χ0) is 14.8. The van der Waals surface area contributed by atoms with Crippen LogP contribution in [0.1, 0.15) is 30.5 Å². The molecule has 0 amide bonds. The molecule has 0 atom stereocenters. The molecule has 1 rings (SSSR count). The smallest absolute Gasteiger partial charge is 0.313 e. The lowest BCUT2D eigenvalue weighted by Crippen LogP contribution is -2.38. The minimum atomic E-state index is -0.519. The van der Waals surface area contributed by atoms with Crippen molar-refractivity contribution in [3.63, 3.8) is 0 Å². The lowest BCUT2D eigenvalue weighted by Gasteiger charge is -2.30. The van der Waals surface area contributed by atoms with E-state index in [4.69, 9.17) is 4.74 Å². The van der Waals surface area contributed by atoms with Crippen molar-refractivity contribution < 1.29 is 9.53 Å². The van der Waals surface area contributed by atoms with Crippen molar-refractivity contribution in [3.05, 3.63) is 28.8 Å². The van der Waals surface area contributed by atoms with E-state index in [2.05, 4.69) is 37.8 Å². The summed E-state index contributed by atoms with van der Waals surface area (Å²) >= 11 is 0. The van der Waals surface area contributed by atoms with Gasteiger partial charge in [0.25, 0.3) is 0 Å². The van der Waals surface area contributed by atoms with Gasteiger partial charge in [-0.15, -0.1) is 0 Å². The summed E-state index contributed by atoms with van der Waals surface area (Å²) in [5.74, 6) is -0.180. The molecule has 0 aliphatic heterocycles. The molecule has 0 spiro atoms. The van der Waals surface area contributed by atoms with E-state index in [0.29, 0.717) is 6.54 Å². The van der Waals surface area contributed by atoms with Gasteiger partial charge in [0.15, 0.2) is 0 Å². The predicted octanol–water partition coefficient (Wildman–Crippen LogP) is 3.25. The summed E-state index contributed by atoms with van der Waals surface area (Å²) in [6, 6.07) is 4.24. The average Bonchev–Trinajstić information content (AvgIpc) is 2.34. The molecule has 0 unspecified atom stereocenters. The van der Waals surface area contributed by atoms with Crippen molar-refractivity contribution in [3.8, 4) is 0 Å². The number of methoxy groups -OCH3 is 1. The first-order valence-corrected chi connectivity index (χ1v) is 6.57. The summed E-state index contributed by atoms with van der Waals surface area (Å²) in [6.07, 6.45) is 0. The molecule has 0 aromatic heterocycles. The minimum Gasteiger partial charge on any atom is -0.469 e. The van der Waals surface area contributed by atoms with E-state index in [1.165, 1.54) is 29.5 Å². The molecule has 0 fully saturated rings.